The van der Waals surface area contributed by atoms with E-state index in [1.54, 1.807) is 43.3 Å². The van der Waals surface area contributed by atoms with E-state index in [0.717, 1.165) is 24.1 Å². The Hall–Kier alpha value is -3.15. The molecule has 0 bridgehead atoms. The fraction of sp³-hybridized carbons (Fsp3) is 0.250. The maximum absolute atomic E-state index is 12.5. The number of aryl methyl sites for hydroxylation is 1. The second-order valence-electron chi connectivity index (χ2n) is 6.03. The molecular weight excluding hydrogens is 332 g/mol. The van der Waals surface area contributed by atoms with Crippen LogP contribution in [-0.4, -0.2) is 24.4 Å². The first-order valence-electron chi connectivity index (χ1n) is 8.58. The highest BCUT2D eigenvalue weighted by Gasteiger charge is 2.15. The number of hydrogen-bond donors (Lipinski definition) is 2. The lowest BCUT2D eigenvalue weighted by atomic mass is 10.0. The van der Waals surface area contributed by atoms with E-state index in [9.17, 15) is 14.4 Å². The third-order valence-electron chi connectivity index (χ3n) is 4.15. The number of carbonyl (C=O) groups is 3. The van der Waals surface area contributed by atoms with Crippen molar-refractivity contribution in [1.82, 2.24) is 0 Å². The highest BCUT2D eigenvalue weighted by atomic mass is 16.5. The summed E-state index contributed by atoms with van der Waals surface area (Å²) >= 11 is 0. The van der Waals surface area contributed by atoms with Crippen molar-refractivity contribution >= 4 is 29.2 Å². The van der Waals surface area contributed by atoms with Crippen molar-refractivity contribution in [2.45, 2.75) is 26.2 Å². The summed E-state index contributed by atoms with van der Waals surface area (Å²) < 4.78 is 4.93. The van der Waals surface area contributed by atoms with Gasteiger partial charge in [0, 0.05) is 23.4 Å². The van der Waals surface area contributed by atoms with Crippen LogP contribution in [0.4, 0.5) is 11.4 Å². The predicted molar refractivity (Wildman–Crippen MR) is 98.4 cm³/mol. The predicted octanol–water partition coefficient (Wildman–Crippen LogP) is 3.39. The number of ether oxygens (including phenoxy) is 1. The van der Waals surface area contributed by atoms with Gasteiger partial charge in [0.15, 0.2) is 0 Å². The van der Waals surface area contributed by atoms with Crippen LogP contribution in [0.5, 0.6) is 0 Å². The average Bonchev–Trinajstić information content (AvgIpc) is 2.82. The molecule has 0 aliphatic carbocycles. The minimum atomic E-state index is -0.391. The zero-order valence-electron chi connectivity index (χ0n) is 14.5. The SMILES string of the molecule is CCOC(=O)c1ccc(NC(=O)c2ccc3c(c2)CCCC(=O)N3)cc1. The summed E-state index contributed by atoms with van der Waals surface area (Å²) in [6, 6.07) is 11.8. The van der Waals surface area contributed by atoms with Crippen molar-refractivity contribution in [3.05, 3.63) is 59.2 Å². The maximum Gasteiger partial charge on any atom is 0.338 e. The van der Waals surface area contributed by atoms with Gasteiger partial charge in [-0.1, -0.05) is 0 Å². The summed E-state index contributed by atoms with van der Waals surface area (Å²) in [7, 11) is 0. The van der Waals surface area contributed by atoms with Crippen molar-refractivity contribution in [1.29, 1.82) is 0 Å². The van der Waals surface area contributed by atoms with Crippen LogP contribution in [0.25, 0.3) is 0 Å². The van der Waals surface area contributed by atoms with Gasteiger partial charge in [-0.25, -0.2) is 4.79 Å². The second kappa shape index (κ2) is 7.82. The van der Waals surface area contributed by atoms with Crippen molar-refractivity contribution in [3.63, 3.8) is 0 Å². The summed E-state index contributed by atoms with van der Waals surface area (Å²) in [5.74, 6) is -0.631. The van der Waals surface area contributed by atoms with E-state index < -0.39 is 5.97 Å². The van der Waals surface area contributed by atoms with Gasteiger partial charge >= 0.3 is 5.97 Å². The van der Waals surface area contributed by atoms with E-state index in [1.165, 1.54) is 0 Å². The molecule has 0 fully saturated rings. The average molecular weight is 352 g/mol. The Morgan fingerprint density at radius 3 is 2.54 bits per heavy atom. The third-order valence-corrected chi connectivity index (χ3v) is 4.15. The fourth-order valence-electron chi connectivity index (χ4n) is 2.82. The third kappa shape index (κ3) is 4.08. The van der Waals surface area contributed by atoms with Crippen LogP contribution in [0.3, 0.4) is 0 Å². The molecule has 0 radical (unpaired) electrons. The Labute approximate surface area is 151 Å². The first-order valence-corrected chi connectivity index (χ1v) is 8.58. The van der Waals surface area contributed by atoms with E-state index in [-0.39, 0.29) is 11.8 Å². The Bertz CT molecular complexity index is 843. The molecule has 1 aliphatic heterocycles. The first-order chi connectivity index (χ1) is 12.6. The molecule has 134 valence electrons. The molecule has 0 atom stereocenters. The number of esters is 1. The fourth-order valence-corrected chi connectivity index (χ4v) is 2.82. The molecule has 0 spiro atoms. The van der Waals surface area contributed by atoms with Crippen molar-refractivity contribution in [3.8, 4) is 0 Å². The number of carbonyl (C=O) groups excluding carboxylic acids is 3. The number of hydrogen-bond acceptors (Lipinski definition) is 4. The molecule has 2 amide bonds. The van der Waals surface area contributed by atoms with Gasteiger partial charge in [-0.3, -0.25) is 9.59 Å². The van der Waals surface area contributed by atoms with E-state index in [2.05, 4.69) is 10.6 Å². The summed E-state index contributed by atoms with van der Waals surface area (Å²) in [6.45, 7) is 2.06. The molecule has 26 heavy (non-hydrogen) atoms. The molecule has 2 N–H and O–H groups in total. The molecule has 0 saturated carbocycles. The van der Waals surface area contributed by atoms with Crippen molar-refractivity contribution < 1.29 is 19.1 Å². The van der Waals surface area contributed by atoms with Gasteiger partial charge in [-0.15, -0.1) is 0 Å². The van der Waals surface area contributed by atoms with Crippen LogP contribution in [0.2, 0.25) is 0 Å². The zero-order chi connectivity index (χ0) is 18.5. The maximum atomic E-state index is 12.5. The number of benzene rings is 2. The van der Waals surface area contributed by atoms with E-state index in [4.69, 9.17) is 4.74 Å². The lowest BCUT2D eigenvalue weighted by Gasteiger charge is -2.10. The molecule has 6 heteroatoms. The van der Waals surface area contributed by atoms with Crippen molar-refractivity contribution in [2.75, 3.05) is 17.2 Å². The molecule has 0 aromatic heterocycles. The molecule has 2 aromatic rings. The Morgan fingerprint density at radius 2 is 1.81 bits per heavy atom. The lowest BCUT2D eigenvalue weighted by molar-refractivity contribution is -0.116. The van der Waals surface area contributed by atoms with Gasteiger partial charge < -0.3 is 15.4 Å². The van der Waals surface area contributed by atoms with E-state index in [0.29, 0.717) is 29.8 Å². The summed E-state index contributed by atoms with van der Waals surface area (Å²) in [5.41, 5.74) is 3.27. The van der Waals surface area contributed by atoms with Crippen LogP contribution >= 0.6 is 0 Å². The minimum absolute atomic E-state index is 0.00245. The van der Waals surface area contributed by atoms with Gasteiger partial charge in [-0.2, -0.15) is 0 Å². The van der Waals surface area contributed by atoms with E-state index in [1.807, 2.05) is 6.07 Å². The largest absolute Gasteiger partial charge is 0.462 e. The number of rotatable bonds is 4. The van der Waals surface area contributed by atoms with Gasteiger partial charge in [0.2, 0.25) is 5.91 Å². The van der Waals surface area contributed by atoms with Gasteiger partial charge in [0.1, 0.15) is 0 Å². The molecule has 6 nitrogen and oxygen atoms in total. The highest BCUT2D eigenvalue weighted by molar-refractivity contribution is 6.05. The number of amides is 2. The Balaban J connectivity index is 1.71. The summed E-state index contributed by atoms with van der Waals surface area (Å²) in [5, 5.41) is 5.66. The molecule has 1 heterocycles. The molecule has 1 aliphatic rings. The minimum Gasteiger partial charge on any atom is -0.462 e. The molecule has 2 aromatic carbocycles. The van der Waals surface area contributed by atoms with Crippen LogP contribution in [-0.2, 0) is 16.0 Å². The summed E-state index contributed by atoms with van der Waals surface area (Å²) in [4.78, 5) is 35.7. The topological polar surface area (TPSA) is 84.5 Å². The van der Waals surface area contributed by atoms with Crippen LogP contribution in [0.1, 0.15) is 46.0 Å². The van der Waals surface area contributed by atoms with Crippen molar-refractivity contribution in [2.24, 2.45) is 0 Å². The van der Waals surface area contributed by atoms with Gasteiger partial charge in [0.05, 0.1) is 12.2 Å². The highest BCUT2D eigenvalue weighted by Crippen LogP contribution is 2.24. The molecule has 0 saturated heterocycles. The lowest BCUT2D eigenvalue weighted by Crippen LogP contribution is -2.13. The number of anilines is 2. The van der Waals surface area contributed by atoms with Crippen LogP contribution in [0, 0.1) is 0 Å². The smallest absolute Gasteiger partial charge is 0.338 e. The zero-order valence-corrected chi connectivity index (χ0v) is 14.5. The van der Waals surface area contributed by atoms with Gasteiger partial charge in [-0.05, 0) is 67.8 Å². The Kier molecular flexibility index (Phi) is 5.31. The standard InChI is InChI=1S/C20H20N2O4/c1-2-26-20(25)13-6-9-16(10-7-13)21-19(24)15-8-11-17-14(12-15)4-3-5-18(23)22-17/h6-12H,2-5H2,1H3,(H,21,24)(H,22,23). The second-order valence-corrected chi connectivity index (χ2v) is 6.03. The first kappa shape index (κ1) is 17.7. The monoisotopic (exact) mass is 352 g/mol. The number of fused-ring (bicyclic) bond motifs is 1. The van der Waals surface area contributed by atoms with Gasteiger partial charge in [0.25, 0.3) is 5.91 Å². The normalized spacial score (nSPS) is 13.2. The summed E-state index contributed by atoms with van der Waals surface area (Å²) in [6.07, 6.45) is 2.01. The molecular formula is C20H20N2O4. The Morgan fingerprint density at radius 1 is 1.08 bits per heavy atom. The molecule has 0 unspecified atom stereocenters. The molecule has 3 rings (SSSR count). The quantitative estimate of drug-likeness (QED) is 0.826. The van der Waals surface area contributed by atoms with Crippen LogP contribution in [0.15, 0.2) is 42.5 Å². The van der Waals surface area contributed by atoms with E-state index >= 15 is 0 Å². The number of nitrogens with one attached hydrogen (secondary N) is 2. The van der Waals surface area contributed by atoms with Crippen LogP contribution < -0.4 is 10.6 Å².